The number of hydrogen-bond donors (Lipinski definition) is 2. The van der Waals surface area contributed by atoms with E-state index < -0.39 is 16.4 Å². The minimum atomic E-state index is -1.25. The summed E-state index contributed by atoms with van der Waals surface area (Å²) in [5, 5.41) is 23.0. The topological polar surface area (TPSA) is 115 Å². The summed E-state index contributed by atoms with van der Waals surface area (Å²) < 4.78 is 5.51. The second kappa shape index (κ2) is 5.33. The smallest absolute Gasteiger partial charge is 0.331 e. The molecule has 1 saturated heterocycles. The Balaban J connectivity index is 2.37. The number of rotatable bonds is 4. The molecule has 1 aliphatic heterocycles. The van der Waals surface area contributed by atoms with E-state index in [9.17, 15) is 20.0 Å². The zero-order valence-electron chi connectivity index (χ0n) is 10.6. The largest absolute Gasteiger partial charge is 0.479 e. The Labute approximate surface area is 122 Å². The van der Waals surface area contributed by atoms with Gasteiger partial charge in [0.05, 0.1) is 16.0 Å². The Kier molecular flexibility index (Phi) is 3.91. The number of ether oxygens (including phenoxy) is 1. The van der Waals surface area contributed by atoms with Crippen LogP contribution in [-0.4, -0.2) is 39.7 Å². The molecule has 0 aliphatic carbocycles. The van der Waals surface area contributed by atoms with Gasteiger partial charge in [0.15, 0.2) is 5.54 Å². The number of carboxylic acids is 1. The zero-order chi connectivity index (χ0) is 14.9. The van der Waals surface area contributed by atoms with Crippen molar-refractivity contribution >= 4 is 33.4 Å². The van der Waals surface area contributed by atoms with Gasteiger partial charge >= 0.3 is 5.97 Å². The summed E-state index contributed by atoms with van der Waals surface area (Å²) in [4.78, 5) is 25.6. The van der Waals surface area contributed by atoms with Gasteiger partial charge in [-0.1, -0.05) is 0 Å². The Morgan fingerprint density at radius 2 is 2.40 bits per heavy atom. The van der Waals surface area contributed by atoms with Gasteiger partial charge in [0.25, 0.3) is 5.69 Å². The number of nitrogens with zero attached hydrogens (tertiary/aromatic N) is 2. The first-order valence-corrected chi connectivity index (χ1v) is 6.55. The molecule has 2 heterocycles. The van der Waals surface area contributed by atoms with Gasteiger partial charge in [-0.15, -0.1) is 0 Å². The molecular formula is C11H12BrN3O5. The number of nitrogens with one attached hydrogen (secondary N) is 1. The predicted molar refractivity (Wildman–Crippen MR) is 72.8 cm³/mol. The van der Waals surface area contributed by atoms with Crippen LogP contribution in [-0.2, 0) is 9.53 Å². The van der Waals surface area contributed by atoms with E-state index >= 15 is 0 Å². The van der Waals surface area contributed by atoms with Crippen LogP contribution in [0.25, 0.3) is 0 Å². The maximum Gasteiger partial charge on any atom is 0.331 e. The number of halogens is 1. The molecule has 0 bridgehead atoms. The van der Waals surface area contributed by atoms with E-state index in [1.54, 1.807) is 6.92 Å². The zero-order valence-corrected chi connectivity index (χ0v) is 12.1. The highest BCUT2D eigenvalue weighted by Gasteiger charge is 2.43. The van der Waals surface area contributed by atoms with Gasteiger partial charge in [-0.2, -0.15) is 0 Å². The van der Waals surface area contributed by atoms with Gasteiger partial charge < -0.3 is 15.2 Å². The van der Waals surface area contributed by atoms with Crippen molar-refractivity contribution in [1.82, 2.24) is 4.98 Å². The quantitative estimate of drug-likeness (QED) is 0.630. The molecule has 108 valence electrons. The highest BCUT2D eigenvalue weighted by atomic mass is 79.9. The van der Waals surface area contributed by atoms with E-state index in [4.69, 9.17) is 4.74 Å². The minimum Gasteiger partial charge on any atom is -0.479 e. The molecule has 20 heavy (non-hydrogen) atoms. The number of carbonyl (C=O) groups is 1. The second-order valence-electron chi connectivity index (χ2n) is 4.50. The standard InChI is InChI=1S/C11H12BrN3O5/c1-6-7(15(18)19)4-13-9(8(6)12)14-11(10(16)17)2-3-20-5-11/h4H,2-3,5H2,1H3,(H,13,14)(H,16,17). The van der Waals surface area contributed by atoms with E-state index in [0.29, 0.717) is 23.1 Å². The molecule has 2 N–H and O–H groups in total. The number of nitro groups is 1. The lowest BCUT2D eigenvalue weighted by atomic mass is 9.99. The number of anilines is 1. The first kappa shape index (κ1) is 14.7. The van der Waals surface area contributed by atoms with Crippen LogP contribution in [0.1, 0.15) is 12.0 Å². The highest BCUT2D eigenvalue weighted by molar-refractivity contribution is 9.10. The molecule has 0 radical (unpaired) electrons. The summed E-state index contributed by atoms with van der Waals surface area (Å²) in [6.07, 6.45) is 1.40. The summed E-state index contributed by atoms with van der Waals surface area (Å²) >= 11 is 3.22. The molecule has 0 spiro atoms. The molecule has 0 aromatic carbocycles. The lowest BCUT2D eigenvalue weighted by Gasteiger charge is -2.25. The van der Waals surface area contributed by atoms with Gasteiger partial charge in [-0.25, -0.2) is 9.78 Å². The molecule has 1 unspecified atom stereocenters. The molecule has 0 saturated carbocycles. The molecule has 0 amide bonds. The van der Waals surface area contributed by atoms with Crippen molar-refractivity contribution < 1.29 is 19.6 Å². The summed E-state index contributed by atoms with van der Waals surface area (Å²) in [6.45, 7) is 1.92. The molecule has 9 heteroatoms. The van der Waals surface area contributed by atoms with Crippen LogP contribution >= 0.6 is 15.9 Å². The van der Waals surface area contributed by atoms with Gasteiger partial charge in [0.1, 0.15) is 12.0 Å². The third kappa shape index (κ3) is 2.46. The van der Waals surface area contributed by atoms with Gasteiger partial charge in [-0.05, 0) is 22.9 Å². The fraction of sp³-hybridized carbons (Fsp3) is 0.455. The Hall–Kier alpha value is -1.74. The average Bonchev–Trinajstić information content (AvgIpc) is 2.84. The van der Waals surface area contributed by atoms with E-state index in [0.717, 1.165) is 6.20 Å². The van der Waals surface area contributed by atoms with Crippen molar-refractivity contribution in [2.75, 3.05) is 18.5 Å². The third-order valence-corrected chi connectivity index (χ3v) is 4.19. The molecule has 1 aliphatic rings. The number of aromatic nitrogens is 1. The highest BCUT2D eigenvalue weighted by Crippen LogP contribution is 2.33. The lowest BCUT2D eigenvalue weighted by molar-refractivity contribution is -0.385. The van der Waals surface area contributed by atoms with Crippen LogP contribution < -0.4 is 5.32 Å². The number of hydrogen-bond acceptors (Lipinski definition) is 6. The maximum atomic E-state index is 11.4. The SMILES string of the molecule is Cc1c([N+](=O)[O-])cnc(NC2(C(=O)O)CCOC2)c1Br. The van der Waals surface area contributed by atoms with Crippen LogP contribution in [0.15, 0.2) is 10.7 Å². The van der Waals surface area contributed by atoms with E-state index in [2.05, 4.69) is 26.2 Å². The van der Waals surface area contributed by atoms with E-state index in [1.165, 1.54) is 0 Å². The van der Waals surface area contributed by atoms with E-state index in [-0.39, 0.29) is 18.1 Å². The second-order valence-corrected chi connectivity index (χ2v) is 5.30. The Morgan fingerprint density at radius 3 is 2.90 bits per heavy atom. The molecule has 1 aromatic rings. The van der Waals surface area contributed by atoms with Crippen molar-refractivity contribution in [2.24, 2.45) is 0 Å². The third-order valence-electron chi connectivity index (χ3n) is 3.22. The summed E-state index contributed by atoms with van der Waals surface area (Å²) in [5.74, 6) is -0.791. The fourth-order valence-corrected chi connectivity index (χ4v) is 2.36. The van der Waals surface area contributed by atoms with Crippen molar-refractivity contribution in [3.63, 3.8) is 0 Å². The summed E-state index contributed by atoms with van der Waals surface area (Å²) in [7, 11) is 0. The molecule has 1 atom stereocenters. The summed E-state index contributed by atoms with van der Waals surface area (Å²) in [6, 6.07) is 0. The first-order chi connectivity index (χ1) is 9.37. The van der Waals surface area contributed by atoms with Crippen LogP contribution in [0.4, 0.5) is 11.5 Å². The first-order valence-electron chi connectivity index (χ1n) is 5.76. The average molecular weight is 346 g/mol. The number of pyridine rings is 1. The van der Waals surface area contributed by atoms with Crippen molar-refractivity contribution in [2.45, 2.75) is 18.9 Å². The van der Waals surface area contributed by atoms with E-state index in [1.807, 2.05) is 0 Å². The predicted octanol–water partition coefficient (Wildman–Crippen LogP) is 1.72. The minimum absolute atomic E-state index is 0.0203. The van der Waals surface area contributed by atoms with Gasteiger partial charge in [0, 0.05) is 18.6 Å². The number of aliphatic carboxylic acids is 1. The van der Waals surface area contributed by atoms with Crippen molar-refractivity contribution in [3.05, 3.63) is 26.3 Å². The van der Waals surface area contributed by atoms with Crippen LogP contribution in [0.2, 0.25) is 0 Å². The Morgan fingerprint density at radius 1 is 1.70 bits per heavy atom. The molecular weight excluding hydrogens is 334 g/mol. The normalized spacial score (nSPS) is 21.7. The van der Waals surface area contributed by atoms with Gasteiger partial charge in [-0.3, -0.25) is 10.1 Å². The molecule has 1 aromatic heterocycles. The van der Waals surface area contributed by atoms with Gasteiger partial charge in [0.2, 0.25) is 0 Å². The number of carboxylic acid groups (broad SMARTS) is 1. The summed E-state index contributed by atoms with van der Waals surface area (Å²) in [5.41, 5.74) is -1.00. The van der Waals surface area contributed by atoms with Crippen LogP contribution in [0.3, 0.4) is 0 Å². The lowest BCUT2D eigenvalue weighted by Crippen LogP contribution is -2.47. The molecule has 1 fully saturated rings. The van der Waals surface area contributed by atoms with Crippen molar-refractivity contribution in [3.8, 4) is 0 Å². The monoisotopic (exact) mass is 345 g/mol. The Bertz CT molecular complexity index is 571. The van der Waals surface area contributed by atoms with Crippen molar-refractivity contribution in [1.29, 1.82) is 0 Å². The molecule has 8 nitrogen and oxygen atoms in total. The molecule has 2 rings (SSSR count). The maximum absolute atomic E-state index is 11.4. The van der Waals surface area contributed by atoms with Crippen LogP contribution in [0, 0.1) is 17.0 Å². The fourth-order valence-electron chi connectivity index (χ4n) is 1.95. The van der Waals surface area contributed by atoms with Crippen LogP contribution in [0.5, 0.6) is 0 Å².